The SMILES string of the molecule is CC(C)NCCCn1cnc(=N)c2[nH]c(Sc3ccccc3)nc21. The summed E-state index contributed by atoms with van der Waals surface area (Å²) in [4.78, 5) is 13.2. The van der Waals surface area contributed by atoms with Crippen LogP contribution in [-0.2, 0) is 6.54 Å². The summed E-state index contributed by atoms with van der Waals surface area (Å²) in [5.41, 5.74) is 1.71. The van der Waals surface area contributed by atoms with Crippen molar-refractivity contribution in [2.45, 2.75) is 42.9 Å². The molecule has 0 amide bonds. The van der Waals surface area contributed by atoms with Gasteiger partial charge in [-0.3, -0.25) is 5.41 Å². The van der Waals surface area contributed by atoms with Crippen LogP contribution in [0.1, 0.15) is 20.3 Å². The van der Waals surface area contributed by atoms with E-state index in [1.54, 1.807) is 18.1 Å². The molecule has 0 radical (unpaired) electrons. The van der Waals surface area contributed by atoms with Crippen LogP contribution in [0.3, 0.4) is 0 Å². The second kappa shape index (κ2) is 7.63. The quantitative estimate of drug-likeness (QED) is 0.577. The minimum Gasteiger partial charge on any atom is -0.328 e. The third-order valence-electron chi connectivity index (χ3n) is 3.58. The minimum atomic E-state index is 0.231. The number of nitrogens with one attached hydrogen (secondary N) is 3. The fourth-order valence-corrected chi connectivity index (χ4v) is 3.22. The number of nitrogens with zero attached hydrogens (tertiary/aromatic N) is 3. The molecule has 0 fully saturated rings. The standard InChI is InChI=1S/C17H22N6S/c1-12(2)19-9-6-10-23-11-20-15(18)14-16(23)22-17(21-14)24-13-7-4-3-5-8-13/h3-5,7-8,11-12,18-19H,6,9-10H2,1-2H3,(H,21,22). The summed E-state index contributed by atoms with van der Waals surface area (Å²) >= 11 is 1.56. The van der Waals surface area contributed by atoms with E-state index in [-0.39, 0.29) is 5.49 Å². The first-order valence-corrected chi connectivity index (χ1v) is 8.91. The van der Waals surface area contributed by atoms with Crippen molar-refractivity contribution in [3.05, 3.63) is 42.1 Å². The number of aromatic amines is 1. The zero-order valence-corrected chi connectivity index (χ0v) is 14.7. The van der Waals surface area contributed by atoms with E-state index >= 15 is 0 Å². The van der Waals surface area contributed by atoms with Crippen molar-refractivity contribution >= 4 is 22.9 Å². The molecule has 3 aromatic rings. The first-order chi connectivity index (χ1) is 11.6. The summed E-state index contributed by atoms with van der Waals surface area (Å²) in [6.07, 6.45) is 2.70. The first kappa shape index (κ1) is 16.7. The second-order valence-electron chi connectivity index (χ2n) is 5.90. The molecular formula is C17H22N6S. The number of aryl methyl sites for hydroxylation is 1. The van der Waals surface area contributed by atoms with E-state index in [0.717, 1.165) is 35.2 Å². The Morgan fingerprint density at radius 3 is 2.83 bits per heavy atom. The molecule has 24 heavy (non-hydrogen) atoms. The van der Waals surface area contributed by atoms with Crippen LogP contribution in [0.25, 0.3) is 11.2 Å². The lowest BCUT2D eigenvalue weighted by molar-refractivity contribution is 0.536. The predicted octanol–water partition coefficient (Wildman–Crippen LogP) is 2.78. The van der Waals surface area contributed by atoms with Crippen molar-refractivity contribution in [3.63, 3.8) is 0 Å². The van der Waals surface area contributed by atoms with Gasteiger partial charge in [0.25, 0.3) is 0 Å². The van der Waals surface area contributed by atoms with Crippen LogP contribution in [0.15, 0.2) is 46.7 Å². The van der Waals surface area contributed by atoms with Gasteiger partial charge in [0.2, 0.25) is 0 Å². The van der Waals surface area contributed by atoms with Gasteiger partial charge in [0.05, 0.1) is 6.33 Å². The van der Waals surface area contributed by atoms with Gasteiger partial charge >= 0.3 is 0 Å². The van der Waals surface area contributed by atoms with Gasteiger partial charge in [-0.25, -0.2) is 9.97 Å². The maximum atomic E-state index is 8.01. The van der Waals surface area contributed by atoms with Crippen LogP contribution < -0.4 is 10.8 Å². The molecule has 0 bridgehead atoms. The van der Waals surface area contributed by atoms with Gasteiger partial charge in [-0.2, -0.15) is 0 Å². The molecule has 2 aromatic heterocycles. The molecule has 0 aliphatic rings. The number of hydrogen-bond acceptors (Lipinski definition) is 5. The lowest BCUT2D eigenvalue weighted by Crippen LogP contribution is -2.24. The van der Waals surface area contributed by atoms with E-state index in [9.17, 15) is 0 Å². The Morgan fingerprint density at radius 2 is 2.08 bits per heavy atom. The first-order valence-electron chi connectivity index (χ1n) is 8.09. The van der Waals surface area contributed by atoms with Crippen molar-refractivity contribution in [2.75, 3.05) is 6.54 Å². The zero-order valence-electron chi connectivity index (χ0n) is 13.9. The molecule has 2 heterocycles. The number of imidazole rings is 1. The lowest BCUT2D eigenvalue weighted by atomic mass is 10.3. The Hall–Kier alpha value is -2.12. The van der Waals surface area contributed by atoms with E-state index in [4.69, 9.17) is 5.41 Å². The summed E-state index contributed by atoms with van der Waals surface area (Å²) in [6.45, 7) is 6.06. The summed E-state index contributed by atoms with van der Waals surface area (Å²) in [7, 11) is 0. The van der Waals surface area contributed by atoms with E-state index in [2.05, 4.69) is 34.1 Å². The van der Waals surface area contributed by atoms with Crippen LogP contribution in [0.5, 0.6) is 0 Å². The van der Waals surface area contributed by atoms with Gasteiger partial charge in [0.15, 0.2) is 16.3 Å². The topological polar surface area (TPSA) is 82.4 Å². The van der Waals surface area contributed by atoms with E-state index in [1.165, 1.54) is 0 Å². The molecule has 0 aliphatic carbocycles. The van der Waals surface area contributed by atoms with Crippen molar-refractivity contribution in [2.24, 2.45) is 0 Å². The van der Waals surface area contributed by atoms with Gasteiger partial charge < -0.3 is 14.9 Å². The van der Waals surface area contributed by atoms with Crippen LogP contribution in [-0.4, -0.2) is 32.1 Å². The van der Waals surface area contributed by atoms with Gasteiger partial charge in [-0.15, -0.1) is 0 Å². The molecule has 3 N–H and O–H groups in total. The minimum absolute atomic E-state index is 0.231. The summed E-state index contributed by atoms with van der Waals surface area (Å²) in [6, 6.07) is 10.6. The average Bonchev–Trinajstić information content (AvgIpc) is 2.99. The number of fused-ring (bicyclic) bond motifs is 1. The van der Waals surface area contributed by atoms with Crippen molar-refractivity contribution in [3.8, 4) is 0 Å². The van der Waals surface area contributed by atoms with Gasteiger partial charge in [-0.05, 0) is 25.1 Å². The molecular weight excluding hydrogens is 320 g/mol. The van der Waals surface area contributed by atoms with Gasteiger partial charge in [-0.1, -0.05) is 43.8 Å². The Bertz CT molecular complexity index is 852. The fourth-order valence-electron chi connectivity index (χ4n) is 2.41. The van der Waals surface area contributed by atoms with Crippen LogP contribution in [0.2, 0.25) is 0 Å². The Morgan fingerprint density at radius 1 is 1.29 bits per heavy atom. The molecule has 7 heteroatoms. The third kappa shape index (κ3) is 4.04. The van der Waals surface area contributed by atoms with Crippen LogP contribution in [0.4, 0.5) is 0 Å². The number of H-pyrrole nitrogens is 1. The Balaban J connectivity index is 1.80. The predicted molar refractivity (Wildman–Crippen MR) is 96.1 cm³/mol. The second-order valence-corrected chi connectivity index (χ2v) is 6.97. The highest BCUT2D eigenvalue weighted by molar-refractivity contribution is 7.99. The number of aromatic nitrogens is 4. The zero-order chi connectivity index (χ0) is 16.9. The molecule has 0 saturated carbocycles. The molecule has 6 nitrogen and oxygen atoms in total. The smallest absolute Gasteiger partial charge is 0.173 e. The fraction of sp³-hybridized carbons (Fsp3) is 0.353. The molecule has 0 spiro atoms. The lowest BCUT2D eigenvalue weighted by Gasteiger charge is -2.09. The molecule has 0 saturated heterocycles. The molecule has 0 aliphatic heterocycles. The van der Waals surface area contributed by atoms with E-state index < -0.39 is 0 Å². The maximum absolute atomic E-state index is 8.01. The summed E-state index contributed by atoms with van der Waals surface area (Å²) in [5, 5.41) is 12.2. The van der Waals surface area contributed by atoms with Crippen LogP contribution >= 0.6 is 11.8 Å². The highest BCUT2D eigenvalue weighted by atomic mass is 32.2. The van der Waals surface area contributed by atoms with Gasteiger partial charge in [0.1, 0.15) is 5.52 Å². The Labute approximate surface area is 145 Å². The van der Waals surface area contributed by atoms with Crippen molar-refractivity contribution in [1.82, 2.24) is 24.8 Å². The number of rotatable bonds is 7. The molecule has 1 aromatic carbocycles. The maximum Gasteiger partial charge on any atom is 0.173 e. The van der Waals surface area contributed by atoms with Crippen molar-refractivity contribution < 1.29 is 0 Å². The van der Waals surface area contributed by atoms with E-state index in [1.807, 2.05) is 34.9 Å². The molecule has 0 unspecified atom stereocenters. The largest absolute Gasteiger partial charge is 0.328 e. The molecule has 0 atom stereocenters. The monoisotopic (exact) mass is 342 g/mol. The normalized spacial score (nSPS) is 11.5. The Kier molecular flexibility index (Phi) is 5.32. The molecule has 3 rings (SSSR count). The highest BCUT2D eigenvalue weighted by Gasteiger charge is 2.10. The average molecular weight is 342 g/mol. The summed E-state index contributed by atoms with van der Waals surface area (Å²) < 4.78 is 2.01. The number of benzene rings is 1. The van der Waals surface area contributed by atoms with Crippen LogP contribution in [0, 0.1) is 5.41 Å². The van der Waals surface area contributed by atoms with Gasteiger partial charge in [0, 0.05) is 17.5 Å². The van der Waals surface area contributed by atoms with Crippen molar-refractivity contribution in [1.29, 1.82) is 5.41 Å². The number of hydrogen-bond donors (Lipinski definition) is 3. The third-order valence-corrected chi connectivity index (χ3v) is 4.48. The summed E-state index contributed by atoms with van der Waals surface area (Å²) in [5.74, 6) is 0. The molecule has 126 valence electrons. The highest BCUT2D eigenvalue weighted by Crippen LogP contribution is 2.25. The van der Waals surface area contributed by atoms with E-state index in [0.29, 0.717) is 11.6 Å².